The molecular weight excluding hydrogens is 609 g/mol. The molecule has 0 bridgehead atoms. The quantitative estimate of drug-likeness (QED) is 0.396. The maximum atomic E-state index is 13.7. The van der Waals surface area contributed by atoms with Gasteiger partial charge in [0.1, 0.15) is 21.9 Å². The Morgan fingerprint density at radius 3 is 2.40 bits per heavy atom. The Balaban J connectivity index is 1.40. The van der Waals surface area contributed by atoms with Crippen molar-refractivity contribution in [2.75, 3.05) is 31.7 Å². The van der Waals surface area contributed by atoms with Gasteiger partial charge in [-0.1, -0.05) is 11.3 Å². The summed E-state index contributed by atoms with van der Waals surface area (Å²) in [5.41, 5.74) is -0.201. The number of ether oxygens (including phenoxy) is 2. The molecule has 4 aliphatic rings. The first-order valence-corrected chi connectivity index (χ1v) is 16.6. The van der Waals surface area contributed by atoms with E-state index in [-0.39, 0.29) is 21.7 Å². The molecule has 2 saturated carbocycles. The summed E-state index contributed by atoms with van der Waals surface area (Å²) in [5, 5.41) is 17.0. The number of hydrogen-bond donors (Lipinski definition) is 2. The molecule has 0 amide bonds. The highest BCUT2D eigenvalue weighted by Crippen LogP contribution is 2.53. The Hall–Kier alpha value is -2.37. The van der Waals surface area contributed by atoms with Crippen LogP contribution in [0.4, 0.5) is 18.9 Å². The molecule has 1 spiro atoms. The maximum absolute atomic E-state index is 13.7. The minimum Gasteiger partial charge on any atom is -0.390 e. The summed E-state index contributed by atoms with van der Waals surface area (Å²) in [6.07, 6.45) is -0.294. The van der Waals surface area contributed by atoms with Gasteiger partial charge in [0.2, 0.25) is 15.0 Å². The van der Waals surface area contributed by atoms with E-state index >= 15 is 0 Å². The van der Waals surface area contributed by atoms with E-state index in [1.165, 1.54) is 17.7 Å². The Morgan fingerprint density at radius 2 is 1.86 bits per heavy atom. The third-order valence-corrected chi connectivity index (χ3v) is 12.1. The molecule has 7 rings (SSSR count). The molecule has 16 heteroatoms. The third-order valence-electron chi connectivity index (χ3n) is 9.57. The lowest BCUT2D eigenvalue weighted by molar-refractivity contribution is -0.138. The molecule has 0 radical (unpaired) electrons. The van der Waals surface area contributed by atoms with Crippen LogP contribution < -0.4 is 9.62 Å². The Bertz CT molecular complexity index is 1690. The van der Waals surface area contributed by atoms with Gasteiger partial charge in [-0.2, -0.15) is 13.2 Å². The zero-order valence-corrected chi connectivity index (χ0v) is 25.6. The van der Waals surface area contributed by atoms with Crippen LogP contribution in [-0.4, -0.2) is 77.7 Å². The summed E-state index contributed by atoms with van der Waals surface area (Å²) in [6, 6.07) is 1.58. The number of rotatable bonds is 7. The van der Waals surface area contributed by atoms with E-state index < -0.39 is 43.9 Å². The largest absolute Gasteiger partial charge is 0.445 e. The van der Waals surface area contributed by atoms with Crippen LogP contribution in [-0.2, 0) is 31.3 Å². The van der Waals surface area contributed by atoms with Gasteiger partial charge in [0.05, 0.1) is 24.5 Å². The van der Waals surface area contributed by atoms with E-state index in [4.69, 9.17) is 14.5 Å². The summed E-state index contributed by atoms with van der Waals surface area (Å²) in [5.74, 6) is 0. The number of aliphatic hydroxyl groups excluding tert-OH is 1. The standard InChI is InChI=1S/C27H33F3N6O5S2/c1-15-20(37)25(14-41-15)8-10-35(11-9-25)17-12-16(43(38,39)34-24(2)4-5-24)13-36-18(22-32-33-23(42-22)27(28,29)30)19(31-21(17)36)26(40-3)6-7-26/h12-13,15,20,34,37H,4-11,14H2,1-3H3/t15-,20-/m1/s1. The van der Waals surface area contributed by atoms with E-state index in [0.29, 0.717) is 86.6 Å². The minimum absolute atomic E-state index is 0.0291. The van der Waals surface area contributed by atoms with E-state index in [0.717, 1.165) is 0 Å². The predicted octanol–water partition coefficient (Wildman–Crippen LogP) is 3.70. The number of nitrogens with zero attached hydrogens (tertiary/aromatic N) is 5. The molecule has 2 saturated heterocycles. The van der Waals surface area contributed by atoms with Crippen molar-refractivity contribution < 1.29 is 36.2 Å². The molecule has 5 heterocycles. The van der Waals surface area contributed by atoms with Crippen molar-refractivity contribution in [2.45, 2.75) is 86.8 Å². The number of methoxy groups -OCH3 is 1. The van der Waals surface area contributed by atoms with Crippen LogP contribution in [0.3, 0.4) is 0 Å². The molecule has 4 fully saturated rings. The van der Waals surface area contributed by atoms with Crippen molar-refractivity contribution in [3.05, 3.63) is 23.0 Å². The maximum Gasteiger partial charge on any atom is 0.445 e. The number of pyridine rings is 1. The van der Waals surface area contributed by atoms with E-state index in [9.17, 15) is 26.7 Å². The Labute approximate surface area is 250 Å². The second-order valence-electron chi connectivity index (χ2n) is 12.6. The number of alkyl halides is 3. The fourth-order valence-electron chi connectivity index (χ4n) is 6.37. The van der Waals surface area contributed by atoms with E-state index in [2.05, 4.69) is 14.9 Å². The number of halogens is 3. The van der Waals surface area contributed by atoms with Gasteiger partial charge in [0.15, 0.2) is 10.7 Å². The molecule has 3 aromatic heterocycles. The van der Waals surface area contributed by atoms with Gasteiger partial charge in [-0.05, 0) is 58.4 Å². The Kier molecular flexibility index (Phi) is 6.53. The van der Waals surface area contributed by atoms with Crippen molar-refractivity contribution in [1.29, 1.82) is 0 Å². The zero-order chi connectivity index (χ0) is 30.6. The highest BCUT2D eigenvalue weighted by molar-refractivity contribution is 7.89. The molecule has 3 aromatic rings. The summed E-state index contributed by atoms with van der Waals surface area (Å²) in [4.78, 5) is 6.93. The van der Waals surface area contributed by atoms with Crippen LogP contribution >= 0.6 is 11.3 Å². The van der Waals surface area contributed by atoms with Gasteiger partial charge < -0.3 is 19.5 Å². The smallest absolute Gasteiger partial charge is 0.390 e. The van der Waals surface area contributed by atoms with Crippen molar-refractivity contribution in [3.63, 3.8) is 0 Å². The van der Waals surface area contributed by atoms with Crippen LogP contribution in [0.5, 0.6) is 0 Å². The molecular formula is C27H33F3N6O5S2. The number of sulfonamides is 1. The Morgan fingerprint density at radius 1 is 1.16 bits per heavy atom. The second-order valence-corrected chi connectivity index (χ2v) is 15.3. The number of nitrogens with one attached hydrogen (secondary N) is 1. The van der Waals surface area contributed by atoms with Gasteiger partial charge in [-0.3, -0.25) is 4.40 Å². The number of fused-ring (bicyclic) bond motifs is 1. The summed E-state index contributed by atoms with van der Waals surface area (Å²) >= 11 is 0.385. The van der Waals surface area contributed by atoms with E-state index in [1.807, 2.05) is 18.7 Å². The molecule has 2 N–H and O–H groups in total. The highest BCUT2D eigenvalue weighted by Gasteiger charge is 2.51. The number of aromatic nitrogens is 4. The lowest BCUT2D eigenvalue weighted by Gasteiger charge is -2.41. The average Bonchev–Trinajstić information content (AvgIpc) is 3.75. The molecule has 2 aliphatic carbocycles. The first-order valence-electron chi connectivity index (χ1n) is 14.3. The monoisotopic (exact) mass is 642 g/mol. The fourth-order valence-corrected chi connectivity index (χ4v) is 8.60. The molecule has 234 valence electrons. The molecule has 2 aliphatic heterocycles. The normalized spacial score (nSPS) is 26.0. The molecule has 43 heavy (non-hydrogen) atoms. The summed E-state index contributed by atoms with van der Waals surface area (Å²) in [6.45, 7) is 5.14. The molecule has 0 unspecified atom stereocenters. The van der Waals surface area contributed by atoms with Crippen molar-refractivity contribution in [1.82, 2.24) is 24.3 Å². The summed E-state index contributed by atoms with van der Waals surface area (Å²) < 4.78 is 84.0. The predicted molar refractivity (Wildman–Crippen MR) is 150 cm³/mol. The van der Waals surface area contributed by atoms with Crippen LogP contribution in [0, 0.1) is 5.41 Å². The average molecular weight is 643 g/mol. The first-order chi connectivity index (χ1) is 20.2. The van der Waals surface area contributed by atoms with Crippen molar-refractivity contribution in [2.24, 2.45) is 5.41 Å². The van der Waals surface area contributed by atoms with Gasteiger partial charge in [0.25, 0.3) is 0 Å². The van der Waals surface area contributed by atoms with Crippen LogP contribution in [0.2, 0.25) is 0 Å². The molecule has 11 nitrogen and oxygen atoms in total. The van der Waals surface area contributed by atoms with Gasteiger partial charge in [0, 0.05) is 37.4 Å². The van der Waals surface area contributed by atoms with Gasteiger partial charge in [-0.25, -0.2) is 18.1 Å². The number of anilines is 1. The lowest BCUT2D eigenvalue weighted by Crippen LogP contribution is -2.47. The second kappa shape index (κ2) is 9.57. The first kappa shape index (κ1) is 29.3. The highest BCUT2D eigenvalue weighted by atomic mass is 32.2. The van der Waals surface area contributed by atoms with Gasteiger partial charge >= 0.3 is 6.18 Å². The SMILES string of the molecule is COC1(c2nc3c(N4CCC5(CC4)CO[C@H](C)[C@H]5O)cc(S(=O)(=O)NC4(C)CC4)cn3c2-c2nnc(C(F)(F)F)s2)CC1. The van der Waals surface area contributed by atoms with Crippen molar-refractivity contribution >= 4 is 32.7 Å². The van der Waals surface area contributed by atoms with Crippen LogP contribution in [0.1, 0.15) is 63.1 Å². The summed E-state index contributed by atoms with van der Waals surface area (Å²) in [7, 11) is -2.48. The molecule has 2 atom stereocenters. The minimum atomic E-state index is -4.69. The third kappa shape index (κ3) is 4.84. The van der Waals surface area contributed by atoms with Crippen molar-refractivity contribution in [3.8, 4) is 10.7 Å². The number of imidazole rings is 1. The fraction of sp³-hybridized carbons (Fsp3) is 0.667. The lowest BCUT2D eigenvalue weighted by atomic mass is 9.74. The number of hydrogen-bond acceptors (Lipinski definition) is 10. The number of piperidine rings is 1. The van der Waals surface area contributed by atoms with Gasteiger partial charge in [-0.15, -0.1) is 10.2 Å². The topological polar surface area (TPSA) is 131 Å². The van der Waals surface area contributed by atoms with Crippen LogP contribution in [0.15, 0.2) is 17.2 Å². The van der Waals surface area contributed by atoms with E-state index in [1.54, 1.807) is 6.07 Å². The van der Waals surface area contributed by atoms with Crippen LogP contribution in [0.25, 0.3) is 16.3 Å². The zero-order valence-electron chi connectivity index (χ0n) is 23.9. The number of aliphatic hydroxyl groups is 1. The molecule has 0 aromatic carbocycles.